The first-order chi connectivity index (χ1) is 8.71. The Balaban J connectivity index is 1.87. The van der Waals surface area contributed by atoms with E-state index in [1.54, 1.807) is 7.11 Å². The minimum atomic E-state index is -0.142. The second-order valence-electron chi connectivity index (χ2n) is 5.63. The number of ether oxygens (including phenoxy) is 1. The molecule has 1 aliphatic heterocycles. The van der Waals surface area contributed by atoms with Crippen LogP contribution >= 0.6 is 11.6 Å². The van der Waals surface area contributed by atoms with Gasteiger partial charge in [-0.1, -0.05) is 0 Å². The van der Waals surface area contributed by atoms with Crippen LogP contribution in [0.1, 0.15) is 51.4 Å². The Morgan fingerprint density at radius 2 is 2.22 bits per heavy atom. The predicted molar refractivity (Wildman–Crippen MR) is 72.9 cm³/mol. The maximum atomic E-state index is 12.4. The minimum absolute atomic E-state index is 0.142. The summed E-state index contributed by atoms with van der Waals surface area (Å²) in [5.41, 5.74) is -0.142. The van der Waals surface area contributed by atoms with E-state index in [0.29, 0.717) is 18.3 Å². The molecule has 0 N–H and O–H groups in total. The first kappa shape index (κ1) is 14.1. The van der Waals surface area contributed by atoms with Crippen LogP contribution in [0.2, 0.25) is 0 Å². The SMILES string of the molecule is COC1(CC(=O)N2CCCC2CCCCl)CCC1. The Labute approximate surface area is 115 Å². The van der Waals surface area contributed by atoms with Crippen molar-refractivity contribution in [2.24, 2.45) is 0 Å². The van der Waals surface area contributed by atoms with Gasteiger partial charge in [0.05, 0.1) is 12.0 Å². The molecule has 0 aromatic carbocycles. The summed E-state index contributed by atoms with van der Waals surface area (Å²) < 4.78 is 5.55. The highest BCUT2D eigenvalue weighted by Gasteiger charge is 2.41. The van der Waals surface area contributed by atoms with Gasteiger partial charge in [-0.25, -0.2) is 0 Å². The summed E-state index contributed by atoms with van der Waals surface area (Å²) in [7, 11) is 1.74. The number of hydrogen-bond donors (Lipinski definition) is 0. The largest absolute Gasteiger partial charge is 0.378 e. The molecule has 2 fully saturated rings. The number of carbonyl (C=O) groups excluding carboxylic acids is 1. The average Bonchev–Trinajstić information content (AvgIpc) is 2.79. The van der Waals surface area contributed by atoms with E-state index in [1.807, 2.05) is 0 Å². The van der Waals surface area contributed by atoms with Gasteiger partial charge >= 0.3 is 0 Å². The smallest absolute Gasteiger partial charge is 0.225 e. The van der Waals surface area contributed by atoms with Crippen molar-refractivity contribution in [2.45, 2.75) is 63.0 Å². The molecule has 1 saturated carbocycles. The van der Waals surface area contributed by atoms with E-state index >= 15 is 0 Å². The molecule has 4 heteroatoms. The second kappa shape index (κ2) is 6.25. The van der Waals surface area contributed by atoms with Crippen LogP contribution in [0.5, 0.6) is 0 Å². The average molecular weight is 274 g/mol. The van der Waals surface area contributed by atoms with Crippen LogP contribution in [0.3, 0.4) is 0 Å². The monoisotopic (exact) mass is 273 g/mol. The van der Waals surface area contributed by atoms with Crippen LogP contribution in [0, 0.1) is 0 Å². The number of carbonyl (C=O) groups is 1. The van der Waals surface area contributed by atoms with Crippen LogP contribution in [-0.2, 0) is 9.53 Å². The Morgan fingerprint density at radius 3 is 2.78 bits per heavy atom. The van der Waals surface area contributed by atoms with Gasteiger partial charge in [0, 0.05) is 25.6 Å². The molecule has 3 nitrogen and oxygen atoms in total. The van der Waals surface area contributed by atoms with E-state index in [1.165, 1.54) is 6.42 Å². The highest BCUT2D eigenvalue weighted by Crippen LogP contribution is 2.39. The molecular weight excluding hydrogens is 250 g/mol. The van der Waals surface area contributed by atoms with Gasteiger partial charge in [-0.2, -0.15) is 0 Å². The van der Waals surface area contributed by atoms with Crippen LogP contribution in [0.25, 0.3) is 0 Å². The summed E-state index contributed by atoms with van der Waals surface area (Å²) in [5.74, 6) is 0.981. The number of rotatable bonds is 6. The summed E-state index contributed by atoms with van der Waals surface area (Å²) in [5, 5.41) is 0. The van der Waals surface area contributed by atoms with Gasteiger partial charge in [-0.15, -0.1) is 11.6 Å². The van der Waals surface area contributed by atoms with E-state index in [-0.39, 0.29) is 11.5 Å². The molecule has 1 atom stereocenters. The fourth-order valence-electron chi connectivity index (χ4n) is 3.18. The van der Waals surface area contributed by atoms with Gasteiger partial charge in [0.1, 0.15) is 0 Å². The standard InChI is InChI=1S/C14H24ClNO2/c1-18-14(7-4-8-14)11-13(17)16-10-3-6-12(16)5-2-9-15/h12H,2-11H2,1H3. The molecule has 0 aromatic heterocycles. The number of halogens is 1. The van der Waals surface area contributed by atoms with Gasteiger partial charge in [0.2, 0.25) is 5.91 Å². The van der Waals surface area contributed by atoms with Crippen molar-refractivity contribution in [1.29, 1.82) is 0 Å². The van der Waals surface area contributed by atoms with Crippen molar-refractivity contribution < 1.29 is 9.53 Å². The van der Waals surface area contributed by atoms with Gasteiger partial charge in [-0.05, 0) is 44.9 Å². The van der Waals surface area contributed by atoms with Gasteiger partial charge in [0.15, 0.2) is 0 Å². The van der Waals surface area contributed by atoms with Crippen LogP contribution in [0.15, 0.2) is 0 Å². The van der Waals surface area contributed by atoms with E-state index in [4.69, 9.17) is 16.3 Å². The number of amides is 1. The van der Waals surface area contributed by atoms with Crippen molar-refractivity contribution in [3.63, 3.8) is 0 Å². The molecule has 0 bridgehead atoms. The van der Waals surface area contributed by atoms with Crippen molar-refractivity contribution in [1.82, 2.24) is 4.90 Å². The van der Waals surface area contributed by atoms with Crippen molar-refractivity contribution in [3.8, 4) is 0 Å². The van der Waals surface area contributed by atoms with E-state index in [2.05, 4.69) is 4.90 Å². The molecule has 0 spiro atoms. The van der Waals surface area contributed by atoms with E-state index < -0.39 is 0 Å². The van der Waals surface area contributed by atoms with Gasteiger partial charge in [-0.3, -0.25) is 4.79 Å². The topological polar surface area (TPSA) is 29.5 Å². The molecule has 1 unspecified atom stereocenters. The third-order valence-electron chi connectivity index (χ3n) is 4.54. The maximum Gasteiger partial charge on any atom is 0.225 e. The lowest BCUT2D eigenvalue weighted by atomic mass is 9.77. The number of nitrogens with zero attached hydrogens (tertiary/aromatic N) is 1. The fraction of sp³-hybridized carbons (Fsp3) is 0.929. The Bertz CT molecular complexity index is 286. The molecule has 1 heterocycles. The molecule has 2 rings (SSSR count). The quantitative estimate of drug-likeness (QED) is 0.697. The third-order valence-corrected chi connectivity index (χ3v) is 4.81. The molecule has 1 saturated heterocycles. The third kappa shape index (κ3) is 3.00. The first-order valence-electron chi connectivity index (χ1n) is 7.11. The summed E-state index contributed by atoms with van der Waals surface area (Å²) in [6, 6.07) is 0.422. The molecule has 0 radical (unpaired) electrons. The molecule has 0 aromatic rings. The van der Waals surface area contributed by atoms with Crippen LogP contribution < -0.4 is 0 Å². The van der Waals surface area contributed by atoms with Gasteiger partial charge < -0.3 is 9.64 Å². The number of hydrogen-bond acceptors (Lipinski definition) is 2. The highest BCUT2D eigenvalue weighted by atomic mass is 35.5. The summed E-state index contributed by atoms with van der Waals surface area (Å²) in [6.45, 7) is 0.922. The van der Waals surface area contributed by atoms with Crippen LogP contribution in [0.4, 0.5) is 0 Å². The zero-order valence-corrected chi connectivity index (χ0v) is 12.0. The Morgan fingerprint density at radius 1 is 1.44 bits per heavy atom. The van der Waals surface area contributed by atoms with Crippen molar-refractivity contribution in [2.75, 3.05) is 19.5 Å². The number of methoxy groups -OCH3 is 1. The second-order valence-corrected chi connectivity index (χ2v) is 6.01. The van der Waals surface area contributed by atoms with E-state index in [9.17, 15) is 4.79 Å². The summed E-state index contributed by atoms with van der Waals surface area (Å²) in [4.78, 5) is 14.5. The lowest BCUT2D eigenvalue weighted by Gasteiger charge is -2.41. The molecule has 1 amide bonds. The molecule has 1 aliphatic carbocycles. The maximum absolute atomic E-state index is 12.4. The predicted octanol–water partition coefficient (Wildman–Crippen LogP) is 2.96. The highest BCUT2D eigenvalue weighted by molar-refractivity contribution is 6.17. The van der Waals surface area contributed by atoms with Crippen molar-refractivity contribution >= 4 is 17.5 Å². The number of alkyl halides is 1. The Kier molecular flexibility index (Phi) is 4.91. The zero-order chi connectivity index (χ0) is 13.0. The summed E-state index contributed by atoms with van der Waals surface area (Å²) in [6.07, 6.45) is 8.17. The van der Waals surface area contributed by atoms with Crippen LogP contribution in [-0.4, -0.2) is 42.0 Å². The number of likely N-dealkylation sites (tertiary alicyclic amines) is 1. The zero-order valence-electron chi connectivity index (χ0n) is 11.3. The van der Waals surface area contributed by atoms with Gasteiger partial charge in [0.25, 0.3) is 0 Å². The molecule has 18 heavy (non-hydrogen) atoms. The fourth-order valence-corrected chi connectivity index (χ4v) is 3.33. The molecule has 2 aliphatic rings. The first-order valence-corrected chi connectivity index (χ1v) is 7.65. The summed E-state index contributed by atoms with van der Waals surface area (Å²) >= 11 is 5.74. The lowest BCUT2D eigenvalue weighted by molar-refractivity contribution is -0.145. The lowest BCUT2D eigenvalue weighted by Crippen LogP contribution is -2.46. The minimum Gasteiger partial charge on any atom is -0.378 e. The normalized spacial score (nSPS) is 26.1. The van der Waals surface area contributed by atoms with Crippen molar-refractivity contribution in [3.05, 3.63) is 0 Å². The Hall–Kier alpha value is -0.280. The molecule has 104 valence electrons. The van der Waals surface area contributed by atoms with E-state index in [0.717, 1.165) is 45.1 Å². The molecular formula is C14H24ClNO2.